The maximum atomic E-state index is 10.8. The van der Waals surface area contributed by atoms with Gasteiger partial charge in [0.05, 0.1) is 18.3 Å². The van der Waals surface area contributed by atoms with Gasteiger partial charge >= 0.3 is 0 Å². The van der Waals surface area contributed by atoms with E-state index < -0.39 is 4.92 Å². The van der Waals surface area contributed by atoms with Gasteiger partial charge in [0.2, 0.25) is 0 Å². The van der Waals surface area contributed by atoms with Crippen LogP contribution in [0.1, 0.15) is 16.7 Å². The molecular weight excluding hydrogens is 634 g/mol. The fraction of sp³-hybridized carbons (Fsp3) is 0.0952. The van der Waals surface area contributed by atoms with Gasteiger partial charge in [-0.15, -0.1) is 0 Å². The van der Waals surface area contributed by atoms with Crippen LogP contribution in [0.3, 0.4) is 0 Å². The van der Waals surface area contributed by atoms with Crippen molar-refractivity contribution in [2.45, 2.75) is 13.2 Å². The van der Waals surface area contributed by atoms with Crippen LogP contribution in [0.5, 0.6) is 5.75 Å². The second-order valence-corrected chi connectivity index (χ2v) is 8.86. The smallest absolute Gasteiger partial charge is 0.269 e. The maximum absolute atomic E-state index is 10.8. The first-order valence-corrected chi connectivity index (χ1v) is 11.2. The van der Waals surface area contributed by atoms with E-state index in [-0.39, 0.29) is 12.3 Å². The molecule has 0 amide bonds. The molecule has 3 aromatic carbocycles. The first-order chi connectivity index (χ1) is 14.4. The molecule has 0 N–H and O–H groups in total. The number of ether oxygens (including phenoxy) is 1. The van der Waals surface area contributed by atoms with Crippen molar-refractivity contribution < 1.29 is 14.5 Å². The highest BCUT2D eigenvalue weighted by molar-refractivity contribution is 14.1. The van der Waals surface area contributed by atoms with Crippen molar-refractivity contribution in [3.05, 3.63) is 99.6 Å². The van der Waals surface area contributed by atoms with Gasteiger partial charge in [-0.2, -0.15) is 0 Å². The molecule has 6 nitrogen and oxygen atoms in total. The Labute approximate surface area is 205 Å². The van der Waals surface area contributed by atoms with Gasteiger partial charge in [-0.1, -0.05) is 47.1 Å². The van der Waals surface area contributed by atoms with E-state index in [1.807, 2.05) is 36.4 Å². The number of nitro benzene ring substituents is 1. The lowest BCUT2D eigenvalue weighted by Gasteiger charge is -2.12. The van der Waals surface area contributed by atoms with Gasteiger partial charge in [0.1, 0.15) is 19.0 Å². The number of rotatable bonds is 8. The maximum Gasteiger partial charge on any atom is 0.269 e. The summed E-state index contributed by atoms with van der Waals surface area (Å²) in [5.41, 5.74) is 2.48. The highest BCUT2D eigenvalue weighted by atomic mass is 127. The van der Waals surface area contributed by atoms with E-state index in [2.05, 4.69) is 50.3 Å². The standard InChI is InChI=1S/C21H15ClI2N2O4/c22-18-7-2-1-5-16(18)13-29-21-19(23)9-15(10-20(21)24)11-25-30-12-14-4-3-6-17(8-14)26(27)28/h1-11H,12-13H2/b25-11-. The van der Waals surface area contributed by atoms with Gasteiger partial charge in [-0.05, 0) is 74.5 Å². The minimum absolute atomic E-state index is 0.0246. The molecule has 3 rings (SSSR count). The fourth-order valence-electron chi connectivity index (χ4n) is 2.53. The zero-order valence-electron chi connectivity index (χ0n) is 15.4. The monoisotopic (exact) mass is 648 g/mol. The molecule has 0 aliphatic heterocycles. The summed E-state index contributed by atoms with van der Waals surface area (Å²) in [6, 6.07) is 17.7. The number of nitro groups is 1. The van der Waals surface area contributed by atoms with Crippen LogP contribution in [-0.2, 0) is 18.1 Å². The van der Waals surface area contributed by atoms with Crippen LogP contribution in [0.4, 0.5) is 5.69 Å². The molecule has 0 atom stereocenters. The lowest BCUT2D eigenvalue weighted by atomic mass is 10.2. The van der Waals surface area contributed by atoms with Crippen molar-refractivity contribution >= 4 is 68.7 Å². The Morgan fingerprint density at radius 3 is 2.47 bits per heavy atom. The van der Waals surface area contributed by atoms with Crippen LogP contribution >= 0.6 is 56.8 Å². The Morgan fingerprint density at radius 1 is 1.03 bits per heavy atom. The Hall–Kier alpha value is -1.92. The van der Waals surface area contributed by atoms with E-state index >= 15 is 0 Å². The van der Waals surface area contributed by atoms with Crippen LogP contribution in [-0.4, -0.2) is 11.1 Å². The van der Waals surface area contributed by atoms with E-state index in [1.165, 1.54) is 12.1 Å². The summed E-state index contributed by atoms with van der Waals surface area (Å²) in [5.74, 6) is 0.783. The number of benzene rings is 3. The van der Waals surface area contributed by atoms with Crippen LogP contribution in [0.2, 0.25) is 5.02 Å². The van der Waals surface area contributed by atoms with E-state index in [9.17, 15) is 10.1 Å². The van der Waals surface area contributed by atoms with E-state index in [1.54, 1.807) is 18.3 Å². The van der Waals surface area contributed by atoms with Crippen LogP contribution < -0.4 is 4.74 Å². The summed E-state index contributed by atoms with van der Waals surface area (Å²) in [6.45, 7) is 0.525. The Balaban J connectivity index is 1.61. The lowest BCUT2D eigenvalue weighted by Crippen LogP contribution is -2.01. The van der Waals surface area contributed by atoms with Crippen molar-refractivity contribution in [3.8, 4) is 5.75 Å². The zero-order valence-corrected chi connectivity index (χ0v) is 20.5. The summed E-state index contributed by atoms with van der Waals surface area (Å²) < 4.78 is 7.85. The van der Waals surface area contributed by atoms with Gasteiger partial charge in [-0.25, -0.2) is 0 Å². The Bertz CT molecular complexity index is 1070. The van der Waals surface area contributed by atoms with Gasteiger partial charge in [0.15, 0.2) is 0 Å². The third-order valence-corrected chi connectivity index (χ3v) is 5.95. The number of nitrogens with zero attached hydrogens (tertiary/aromatic N) is 2. The zero-order chi connectivity index (χ0) is 21.5. The van der Waals surface area contributed by atoms with Crippen LogP contribution in [0, 0.1) is 17.3 Å². The quantitative estimate of drug-likeness (QED) is 0.120. The number of halogens is 3. The van der Waals surface area contributed by atoms with Crippen molar-refractivity contribution in [1.29, 1.82) is 0 Å². The molecule has 3 aromatic rings. The molecule has 0 spiro atoms. The summed E-state index contributed by atoms with van der Waals surface area (Å²) in [5, 5.41) is 15.5. The summed E-state index contributed by atoms with van der Waals surface area (Å²) in [4.78, 5) is 15.7. The predicted molar refractivity (Wildman–Crippen MR) is 133 cm³/mol. The summed E-state index contributed by atoms with van der Waals surface area (Å²) in [7, 11) is 0. The van der Waals surface area contributed by atoms with Crippen molar-refractivity contribution in [3.63, 3.8) is 0 Å². The minimum atomic E-state index is -0.438. The van der Waals surface area contributed by atoms with Gasteiger partial charge < -0.3 is 9.57 Å². The van der Waals surface area contributed by atoms with Gasteiger partial charge in [0.25, 0.3) is 5.69 Å². The molecular formula is C21H15ClI2N2O4. The molecule has 9 heteroatoms. The molecule has 0 heterocycles. The number of non-ortho nitro benzene ring substituents is 1. The van der Waals surface area contributed by atoms with E-state index in [0.717, 1.165) is 24.0 Å². The number of oxime groups is 1. The van der Waals surface area contributed by atoms with Crippen LogP contribution in [0.15, 0.2) is 65.8 Å². The second-order valence-electron chi connectivity index (χ2n) is 6.13. The van der Waals surface area contributed by atoms with Gasteiger partial charge in [-0.3, -0.25) is 10.1 Å². The van der Waals surface area contributed by atoms with E-state index in [4.69, 9.17) is 21.2 Å². The molecule has 0 radical (unpaired) electrons. The largest absolute Gasteiger partial charge is 0.487 e. The molecule has 0 fully saturated rings. The molecule has 0 aliphatic rings. The molecule has 0 saturated heterocycles. The fourth-order valence-corrected chi connectivity index (χ4v) is 4.85. The molecule has 0 bridgehead atoms. The number of hydrogen-bond acceptors (Lipinski definition) is 5. The molecule has 154 valence electrons. The number of hydrogen-bond donors (Lipinski definition) is 0. The highest BCUT2D eigenvalue weighted by Crippen LogP contribution is 2.30. The molecule has 0 aromatic heterocycles. The first kappa shape index (κ1) is 22.8. The van der Waals surface area contributed by atoms with Crippen molar-refractivity contribution in [1.82, 2.24) is 0 Å². The summed E-state index contributed by atoms with van der Waals surface area (Å²) >= 11 is 10.6. The Kier molecular flexibility index (Phi) is 8.28. The Morgan fingerprint density at radius 2 is 1.77 bits per heavy atom. The molecule has 0 saturated carbocycles. The normalized spacial score (nSPS) is 10.9. The third kappa shape index (κ3) is 6.29. The molecule has 30 heavy (non-hydrogen) atoms. The average molecular weight is 649 g/mol. The molecule has 0 unspecified atom stereocenters. The topological polar surface area (TPSA) is 74.0 Å². The average Bonchev–Trinajstić information content (AvgIpc) is 2.72. The van der Waals surface area contributed by atoms with Gasteiger partial charge in [0, 0.05) is 22.7 Å². The highest BCUT2D eigenvalue weighted by Gasteiger charge is 2.10. The SMILES string of the molecule is O=[N+]([O-])c1cccc(CO/N=C\c2cc(I)c(OCc3ccccc3Cl)c(I)c2)c1. The van der Waals surface area contributed by atoms with Crippen molar-refractivity contribution in [2.24, 2.45) is 5.16 Å². The predicted octanol–water partition coefficient (Wildman–Crippen LogP) is 6.59. The first-order valence-electron chi connectivity index (χ1n) is 8.68. The van der Waals surface area contributed by atoms with E-state index in [0.29, 0.717) is 17.2 Å². The summed E-state index contributed by atoms with van der Waals surface area (Å²) in [6.07, 6.45) is 1.60. The second kappa shape index (κ2) is 10.9. The van der Waals surface area contributed by atoms with Crippen molar-refractivity contribution in [2.75, 3.05) is 0 Å². The third-order valence-electron chi connectivity index (χ3n) is 3.98. The minimum Gasteiger partial charge on any atom is -0.487 e. The van der Waals surface area contributed by atoms with Crippen LogP contribution in [0.25, 0.3) is 0 Å². The molecule has 0 aliphatic carbocycles. The lowest BCUT2D eigenvalue weighted by molar-refractivity contribution is -0.384.